The molecule has 3 aromatic carbocycles. The molecule has 0 aliphatic rings. The van der Waals surface area contributed by atoms with Gasteiger partial charge in [0.2, 0.25) is 0 Å². The summed E-state index contributed by atoms with van der Waals surface area (Å²) in [5.74, 6) is 3.35. The van der Waals surface area contributed by atoms with Gasteiger partial charge in [-0.1, -0.05) is 98.4 Å². The summed E-state index contributed by atoms with van der Waals surface area (Å²) in [5.41, 5.74) is 4.56. The van der Waals surface area contributed by atoms with Gasteiger partial charge >= 0.3 is 0 Å². The topological polar surface area (TPSA) is 0 Å². The Balaban J connectivity index is 1.98. The van der Waals surface area contributed by atoms with Crippen molar-refractivity contribution < 1.29 is 0 Å². The second-order valence-electron chi connectivity index (χ2n) is 7.05. The van der Waals surface area contributed by atoms with Gasteiger partial charge in [-0.15, -0.1) is 5.54 Å². The highest BCUT2D eigenvalue weighted by molar-refractivity contribution is 7.79. The van der Waals surface area contributed by atoms with Crippen LogP contribution >= 0.6 is 7.92 Å². The normalized spacial score (nSPS) is 11.0. The number of rotatable bonds is 3. The van der Waals surface area contributed by atoms with Crippen LogP contribution < -0.4 is 15.9 Å². The molecule has 124 valence electrons. The van der Waals surface area contributed by atoms with E-state index >= 15 is 0 Å². The van der Waals surface area contributed by atoms with Crippen LogP contribution in [0.2, 0.25) is 19.6 Å². The summed E-state index contributed by atoms with van der Waals surface area (Å²) < 4.78 is 0. The summed E-state index contributed by atoms with van der Waals surface area (Å²) in [6.07, 6.45) is 0. The molecule has 0 saturated heterocycles. The Kier molecular flexibility index (Phi) is 5.54. The monoisotopic (exact) mass is 358 g/mol. The first-order valence-corrected chi connectivity index (χ1v) is 13.4. The number of hydrogen-bond donors (Lipinski definition) is 0. The van der Waals surface area contributed by atoms with Crippen molar-refractivity contribution in [2.45, 2.75) is 19.6 Å². The van der Waals surface area contributed by atoms with E-state index in [1.54, 1.807) is 0 Å². The minimum Gasteiger partial charge on any atom is -0.127 e. The van der Waals surface area contributed by atoms with Crippen LogP contribution in [0.1, 0.15) is 5.56 Å². The van der Waals surface area contributed by atoms with Gasteiger partial charge in [-0.05, 0) is 36.0 Å². The van der Waals surface area contributed by atoms with Crippen molar-refractivity contribution in [3.05, 3.63) is 90.5 Å². The average Bonchev–Trinajstić information content (AvgIpc) is 2.62. The van der Waals surface area contributed by atoms with Crippen LogP contribution in [0.25, 0.3) is 0 Å². The molecule has 0 aromatic heterocycles. The van der Waals surface area contributed by atoms with Gasteiger partial charge in [0.1, 0.15) is 8.07 Å². The largest absolute Gasteiger partial charge is 0.129 e. The SMILES string of the molecule is C[Si](C)(C)C#Cc1ccc(P(c2ccccc2)c2ccccc2)cc1. The predicted molar refractivity (Wildman–Crippen MR) is 115 cm³/mol. The van der Waals surface area contributed by atoms with Crippen molar-refractivity contribution in [3.8, 4) is 11.5 Å². The first kappa shape index (κ1) is 17.7. The lowest BCUT2D eigenvalue weighted by atomic mass is 10.2. The molecule has 3 aromatic rings. The molecule has 0 heterocycles. The summed E-state index contributed by atoms with van der Waals surface area (Å²) in [4.78, 5) is 0. The lowest BCUT2D eigenvalue weighted by Gasteiger charge is -2.19. The van der Waals surface area contributed by atoms with Gasteiger partial charge in [-0.2, -0.15) is 0 Å². The third-order valence-corrected chi connectivity index (χ3v) is 7.05. The number of hydrogen-bond acceptors (Lipinski definition) is 0. The van der Waals surface area contributed by atoms with Crippen LogP contribution in [0.15, 0.2) is 84.9 Å². The molecule has 0 bridgehead atoms. The van der Waals surface area contributed by atoms with Gasteiger partial charge in [0.05, 0.1) is 0 Å². The first-order chi connectivity index (χ1) is 12.0. The third-order valence-electron chi connectivity index (χ3n) is 3.74. The highest BCUT2D eigenvalue weighted by Gasteiger charge is 2.15. The molecule has 0 aliphatic heterocycles. The molecule has 0 saturated carbocycles. The van der Waals surface area contributed by atoms with Gasteiger partial charge in [-0.3, -0.25) is 0 Å². The van der Waals surface area contributed by atoms with E-state index in [1.807, 2.05) is 0 Å². The lowest BCUT2D eigenvalue weighted by molar-refractivity contribution is 1.68. The van der Waals surface area contributed by atoms with E-state index in [-0.39, 0.29) is 0 Å². The Morgan fingerprint density at radius 2 is 1.04 bits per heavy atom. The summed E-state index contributed by atoms with van der Waals surface area (Å²) in [5, 5.41) is 4.13. The van der Waals surface area contributed by atoms with Crippen molar-refractivity contribution in [1.29, 1.82) is 0 Å². The van der Waals surface area contributed by atoms with Gasteiger partial charge < -0.3 is 0 Å². The Morgan fingerprint density at radius 1 is 0.600 bits per heavy atom. The average molecular weight is 358 g/mol. The van der Waals surface area contributed by atoms with Crippen LogP contribution in [0.3, 0.4) is 0 Å². The molecule has 0 radical (unpaired) electrons. The fourth-order valence-electron chi connectivity index (χ4n) is 2.55. The summed E-state index contributed by atoms with van der Waals surface area (Å²) in [7, 11) is -1.87. The van der Waals surface area contributed by atoms with Gasteiger partial charge in [0.25, 0.3) is 0 Å². The van der Waals surface area contributed by atoms with Crippen LogP contribution in [-0.2, 0) is 0 Å². The maximum atomic E-state index is 3.44. The van der Waals surface area contributed by atoms with E-state index in [1.165, 1.54) is 15.9 Å². The second kappa shape index (κ2) is 7.83. The van der Waals surface area contributed by atoms with Crippen molar-refractivity contribution in [1.82, 2.24) is 0 Å². The van der Waals surface area contributed by atoms with Crippen LogP contribution in [-0.4, -0.2) is 8.07 Å². The molecule has 0 spiro atoms. The Labute approximate surface area is 153 Å². The van der Waals surface area contributed by atoms with Crippen LogP contribution in [0.5, 0.6) is 0 Å². The van der Waals surface area contributed by atoms with Gasteiger partial charge in [0, 0.05) is 5.56 Å². The van der Waals surface area contributed by atoms with Crippen molar-refractivity contribution in [2.24, 2.45) is 0 Å². The minimum absolute atomic E-state index is 0.530. The molecular weight excluding hydrogens is 335 g/mol. The molecule has 0 atom stereocenters. The second-order valence-corrected chi connectivity index (χ2v) is 14.0. The molecule has 0 nitrogen and oxygen atoms in total. The van der Waals surface area contributed by atoms with E-state index < -0.39 is 16.0 Å². The molecular formula is C23H23PSi. The molecule has 0 N–H and O–H groups in total. The summed E-state index contributed by atoms with van der Waals surface area (Å²) in [6.45, 7) is 6.83. The first-order valence-electron chi connectivity index (χ1n) is 8.56. The van der Waals surface area contributed by atoms with Gasteiger partial charge in [-0.25, -0.2) is 0 Å². The fraction of sp³-hybridized carbons (Fsp3) is 0.130. The Hall–Kier alpha value is -2.13. The zero-order valence-electron chi connectivity index (χ0n) is 15.0. The smallest absolute Gasteiger partial charge is 0.127 e. The van der Waals surface area contributed by atoms with E-state index in [4.69, 9.17) is 0 Å². The summed E-state index contributed by atoms with van der Waals surface area (Å²) in [6, 6.07) is 30.4. The van der Waals surface area contributed by atoms with E-state index in [0.29, 0.717) is 0 Å². The molecule has 0 unspecified atom stereocenters. The summed E-state index contributed by atoms with van der Waals surface area (Å²) >= 11 is 0. The van der Waals surface area contributed by atoms with Crippen molar-refractivity contribution in [3.63, 3.8) is 0 Å². The lowest BCUT2D eigenvalue weighted by Crippen LogP contribution is -2.20. The molecule has 0 fully saturated rings. The Bertz CT molecular complexity index is 827. The zero-order chi connectivity index (χ0) is 17.7. The van der Waals surface area contributed by atoms with Gasteiger partial charge in [0.15, 0.2) is 0 Å². The molecule has 3 rings (SSSR count). The van der Waals surface area contributed by atoms with E-state index in [2.05, 4.69) is 116 Å². The van der Waals surface area contributed by atoms with E-state index in [9.17, 15) is 0 Å². The molecule has 2 heteroatoms. The molecule has 0 amide bonds. The Morgan fingerprint density at radius 3 is 1.48 bits per heavy atom. The highest BCUT2D eigenvalue weighted by Crippen LogP contribution is 2.32. The van der Waals surface area contributed by atoms with Crippen LogP contribution in [0.4, 0.5) is 0 Å². The molecule has 0 aliphatic carbocycles. The maximum absolute atomic E-state index is 3.44. The zero-order valence-corrected chi connectivity index (χ0v) is 16.9. The third kappa shape index (κ3) is 4.92. The minimum atomic E-state index is -1.34. The fourth-order valence-corrected chi connectivity index (χ4v) is 5.36. The van der Waals surface area contributed by atoms with Crippen molar-refractivity contribution in [2.75, 3.05) is 0 Å². The van der Waals surface area contributed by atoms with Crippen molar-refractivity contribution >= 4 is 31.9 Å². The van der Waals surface area contributed by atoms with Crippen LogP contribution in [0, 0.1) is 11.5 Å². The quantitative estimate of drug-likeness (QED) is 0.362. The standard InChI is InChI=1S/C23H23PSi/c1-25(2,3)19-18-20-14-16-23(17-15-20)24(21-10-6-4-7-11-21)22-12-8-5-9-13-22/h4-17H,1-3H3. The number of benzene rings is 3. The maximum Gasteiger partial charge on any atom is 0.129 e. The highest BCUT2D eigenvalue weighted by atomic mass is 31.1. The van der Waals surface area contributed by atoms with E-state index in [0.717, 1.165) is 5.56 Å². The predicted octanol–water partition coefficient (Wildman–Crippen LogP) is 4.67. The molecule has 25 heavy (non-hydrogen) atoms.